The summed E-state index contributed by atoms with van der Waals surface area (Å²) < 4.78 is 5.34. The van der Waals surface area contributed by atoms with E-state index in [1.165, 1.54) is 5.56 Å². The Morgan fingerprint density at radius 2 is 1.83 bits per heavy atom. The molecule has 5 nitrogen and oxygen atoms in total. The molecule has 0 spiro atoms. The van der Waals surface area contributed by atoms with Gasteiger partial charge in [-0.2, -0.15) is 0 Å². The Bertz CT molecular complexity index is 789. The fourth-order valence-corrected chi connectivity index (χ4v) is 2.54. The van der Waals surface area contributed by atoms with Gasteiger partial charge in [0.1, 0.15) is 5.75 Å². The second-order valence-corrected chi connectivity index (χ2v) is 6.80. The van der Waals surface area contributed by atoms with E-state index in [0.717, 1.165) is 0 Å². The van der Waals surface area contributed by atoms with Crippen LogP contribution in [0.1, 0.15) is 36.7 Å². The molecule has 0 saturated heterocycles. The Labute approximate surface area is 141 Å². The number of amides is 2. The SMILES string of the molecule is CC(C)(C)c1ccc(NC(=O)c2cccc3c2NC(=O)CO3)cc1. The molecule has 1 heterocycles. The van der Waals surface area contributed by atoms with E-state index in [9.17, 15) is 9.59 Å². The van der Waals surface area contributed by atoms with E-state index in [4.69, 9.17) is 4.74 Å². The molecule has 0 saturated carbocycles. The third kappa shape index (κ3) is 3.25. The number of ether oxygens (including phenoxy) is 1. The summed E-state index contributed by atoms with van der Waals surface area (Å²) in [7, 11) is 0. The van der Waals surface area contributed by atoms with Gasteiger partial charge < -0.3 is 15.4 Å². The van der Waals surface area contributed by atoms with Crippen molar-refractivity contribution in [1.29, 1.82) is 0 Å². The number of hydrogen-bond donors (Lipinski definition) is 2. The van der Waals surface area contributed by atoms with Gasteiger partial charge in [-0.05, 0) is 35.2 Å². The monoisotopic (exact) mass is 324 g/mol. The van der Waals surface area contributed by atoms with E-state index >= 15 is 0 Å². The van der Waals surface area contributed by atoms with Gasteiger partial charge in [-0.1, -0.05) is 39.0 Å². The molecule has 0 atom stereocenters. The molecule has 1 aliphatic rings. The van der Waals surface area contributed by atoms with E-state index in [2.05, 4.69) is 31.4 Å². The lowest BCUT2D eigenvalue weighted by atomic mass is 9.87. The highest BCUT2D eigenvalue weighted by molar-refractivity contribution is 6.11. The van der Waals surface area contributed by atoms with Gasteiger partial charge in [-0.25, -0.2) is 0 Å². The predicted molar refractivity (Wildman–Crippen MR) is 93.7 cm³/mol. The van der Waals surface area contributed by atoms with Gasteiger partial charge in [0.15, 0.2) is 6.61 Å². The van der Waals surface area contributed by atoms with Gasteiger partial charge in [0.05, 0.1) is 11.3 Å². The first-order valence-corrected chi connectivity index (χ1v) is 7.82. The summed E-state index contributed by atoms with van der Waals surface area (Å²) in [6.07, 6.45) is 0. The summed E-state index contributed by atoms with van der Waals surface area (Å²) in [5.41, 5.74) is 2.74. The summed E-state index contributed by atoms with van der Waals surface area (Å²) in [5, 5.41) is 5.56. The maximum Gasteiger partial charge on any atom is 0.262 e. The van der Waals surface area contributed by atoms with E-state index in [0.29, 0.717) is 22.7 Å². The van der Waals surface area contributed by atoms with E-state index < -0.39 is 0 Å². The molecule has 24 heavy (non-hydrogen) atoms. The summed E-state index contributed by atoms with van der Waals surface area (Å²) in [4.78, 5) is 24.1. The molecule has 2 N–H and O–H groups in total. The number of nitrogens with one attached hydrogen (secondary N) is 2. The Balaban J connectivity index is 1.82. The second kappa shape index (κ2) is 6.00. The Kier molecular flexibility index (Phi) is 4.01. The Hall–Kier alpha value is -2.82. The minimum absolute atomic E-state index is 0.0354. The number of anilines is 2. The highest BCUT2D eigenvalue weighted by atomic mass is 16.5. The molecule has 1 aliphatic heterocycles. The number of carbonyl (C=O) groups is 2. The number of carbonyl (C=O) groups excluding carboxylic acids is 2. The third-order valence-corrected chi connectivity index (χ3v) is 3.90. The van der Waals surface area contributed by atoms with Gasteiger partial charge in [0, 0.05) is 5.69 Å². The average Bonchev–Trinajstić information content (AvgIpc) is 2.53. The van der Waals surface area contributed by atoms with Crippen LogP contribution in [0, 0.1) is 0 Å². The van der Waals surface area contributed by atoms with E-state index in [1.54, 1.807) is 18.2 Å². The topological polar surface area (TPSA) is 67.4 Å². The molecule has 0 unspecified atom stereocenters. The zero-order chi connectivity index (χ0) is 17.3. The van der Waals surface area contributed by atoms with Crippen molar-refractivity contribution in [3.8, 4) is 5.75 Å². The standard InChI is InChI=1S/C19H20N2O3/c1-19(2,3)12-7-9-13(10-8-12)20-18(23)14-5-4-6-15-17(14)21-16(22)11-24-15/h4-10H,11H2,1-3H3,(H,20,23)(H,21,22). The Morgan fingerprint density at radius 1 is 1.12 bits per heavy atom. The van der Waals surface area contributed by atoms with Gasteiger partial charge in [0.25, 0.3) is 11.8 Å². The highest BCUT2D eigenvalue weighted by Crippen LogP contribution is 2.31. The lowest BCUT2D eigenvalue weighted by Crippen LogP contribution is -2.27. The molecule has 0 radical (unpaired) electrons. The molecule has 3 rings (SSSR count). The maximum absolute atomic E-state index is 12.6. The van der Waals surface area contributed by atoms with Crippen LogP contribution < -0.4 is 15.4 Å². The van der Waals surface area contributed by atoms with Crippen molar-refractivity contribution in [2.45, 2.75) is 26.2 Å². The lowest BCUT2D eigenvalue weighted by molar-refractivity contribution is -0.118. The average molecular weight is 324 g/mol. The third-order valence-electron chi connectivity index (χ3n) is 3.90. The van der Waals surface area contributed by atoms with Gasteiger partial charge >= 0.3 is 0 Å². The Morgan fingerprint density at radius 3 is 2.50 bits per heavy atom. The normalized spacial score (nSPS) is 13.5. The van der Waals surface area contributed by atoms with E-state index in [1.807, 2.05) is 24.3 Å². The van der Waals surface area contributed by atoms with Crippen molar-refractivity contribution < 1.29 is 14.3 Å². The fraction of sp³-hybridized carbons (Fsp3) is 0.263. The summed E-state index contributed by atoms with van der Waals surface area (Å²) in [6, 6.07) is 12.9. The molecule has 2 amide bonds. The van der Waals surface area contributed by atoms with Crippen LogP contribution in [0.5, 0.6) is 5.75 Å². The van der Waals surface area contributed by atoms with Crippen molar-refractivity contribution in [1.82, 2.24) is 0 Å². The molecule has 0 aromatic heterocycles. The molecule has 2 aromatic rings. The molecule has 124 valence electrons. The molecule has 0 fully saturated rings. The van der Waals surface area contributed by atoms with Gasteiger partial charge in [0.2, 0.25) is 0 Å². The second-order valence-electron chi connectivity index (χ2n) is 6.80. The van der Waals surface area contributed by atoms with Crippen LogP contribution in [0.4, 0.5) is 11.4 Å². The largest absolute Gasteiger partial charge is 0.482 e. The molecule has 0 bridgehead atoms. The van der Waals surface area contributed by atoms with Gasteiger partial charge in [-0.3, -0.25) is 9.59 Å². The molecule has 2 aromatic carbocycles. The summed E-state index contributed by atoms with van der Waals surface area (Å²) in [5.74, 6) is -0.0521. The molecule has 5 heteroatoms. The van der Waals surface area contributed by atoms with Crippen molar-refractivity contribution in [3.63, 3.8) is 0 Å². The van der Waals surface area contributed by atoms with Crippen molar-refractivity contribution in [2.75, 3.05) is 17.2 Å². The number of para-hydroxylation sites is 1. The number of fused-ring (bicyclic) bond motifs is 1. The van der Waals surface area contributed by atoms with Gasteiger partial charge in [-0.15, -0.1) is 0 Å². The van der Waals surface area contributed by atoms with Crippen LogP contribution in [-0.4, -0.2) is 18.4 Å². The smallest absolute Gasteiger partial charge is 0.262 e. The quantitative estimate of drug-likeness (QED) is 0.887. The zero-order valence-corrected chi connectivity index (χ0v) is 14.0. The molecular formula is C19H20N2O3. The first-order valence-electron chi connectivity index (χ1n) is 7.82. The van der Waals surface area contributed by atoms with E-state index in [-0.39, 0.29) is 23.8 Å². The van der Waals surface area contributed by atoms with Crippen LogP contribution in [0.25, 0.3) is 0 Å². The number of rotatable bonds is 2. The van der Waals surface area contributed by atoms with Crippen LogP contribution in [0.3, 0.4) is 0 Å². The van der Waals surface area contributed by atoms with Crippen LogP contribution in [0.15, 0.2) is 42.5 Å². The summed E-state index contributed by atoms with van der Waals surface area (Å²) in [6.45, 7) is 6.38. The minimum atomic E-state index is -0.291. The number of benzene rings is 2. The lowest BCUT2D eigenvalue weighted by Gasteiger charge is -2.21. The van der Waals surface area contributed by atoms with Crippen molar-refractivity contribution in [3.05, 3.63) is 53.6 Å². The summed E-state index contributed by atoms with van der Waals surface area (Å²) >= 11 is 0. The highest BCUT2D eigenvalue weighted by Gasteiger charge is 2.22. The molecule has 0 aliphatic carbocycles. The van der Waals surface area contributed by atoms with Crippen molar-refractivity contribution in [2.24, 2.45) is 0 Å². The number of hydrogen-bond acceptors (Lipinski definition) is 3. The first kappa shape index (κ1) is 16.1. The van der Waals surface area contributed by atoms with Crippen LogP contribution in [-0.2, 0) is 10.2 Å². The minimum Gasteiger partial charge on any atom is -0.482 e. The first-order chi connectivity index (χ1) is 11.3. The fourth-order valence-electron chi connectivity index (χ4n) is 2.54. The maximum atomic E-state index is 12.6. The molecular weight excluding hydrogens is 304 g/mol. The zero-order valence-electron chi connectivity index (χ0n) is 14.0. The predicted octanol–water partition coefficient (Wildman–Crippen LogP) is 3.57. The van der Waals surface area contributed by atoms with Crippen LogP contribution >= 0.6 is 0 Å². The van der Waals surface area contributed by atoms with Crippen molar-refractivity contribution >= 4 is 23.2 Å². The van der Waals surface area contributed by atoms with Crippen LogP contribution in [0.2, 0.25) is 0 Å².